The summed E-state index contributed by atoms with van der Waals surface area (Å²) in [5.74, 6) is 0.232. The van der Waals surface area contributed by atoms with Crippen LogP contribution in [0.25, 0.3) is 0 Å². The first kappa shape index (κ1) is 16.0. The number of nitrogens with zero attached hydrogens (tertiary/aromatic N) is 3. The van der Waals surface area contributed by atoms with Crippen LogP contribution in [0.2, 0.25) is 0 Å². The number of aromatic nitrogens is 1. The Kier molecular flexibility index (Phi) is 4.09. The molecular weight excluding hydrogens is 302 g/mol. The standard InChI is InChI=1S/C19H27N3O2/c1-2-22-15-18(24-19(6-7-19)17(22)23)8-13-21(14-9-18)12-5-16-3-10-20-11-4-16/h3-4,10-11H,2,5-9,12-15H2,1H3. The third-order valence-electron chi connectivity index (χ3n) is 5.89. The van der Waals surface area contributed by atoms with Crippen molar-refractivity contribution < 1.29 is 9.53 Å². The first-order valence-corrected chi connectivity index (χ1v) is 9.26. The zero-order chi connectivity index (χ0) is 16.6. The summed E-state index contributed by atoms with van der Waals surface area (Å²) in [6.07, 6.45) is 8.69. The molecule has 4 rings (SSSR count). The van der Waals surface area contributed by atoms with Crippen LogP contribution in [0.5, 0.6) is 0 Å². The molecule has 1 amide bonds. The van der Waals surface area contributed by atoms with Crippen LogP contribution in [0.1, 0.15) is 38.2 Å². The van der Waals surface area contributed by atoms with Gasteiger partial charge < -0.3 is 14.5 Å². The van der Waals surface area contributed by atoms with E-state index in [0.717, 1.165) is 64.8 Å². The van der Waals surface area contributed by atoms with Crippen molar-refractivity contribution in [3.05, 3.63) is 30.1 Å². The minimum absolute atomic E-state index is 0.104. The number of hydrogen-bond donors (Lipinski definition) is 0. The van der Waals surface area contributed by atoms with E-state index in [1.54, 1.807) is 0 Å². The van der Waals surface area contributed by atoms with Crippen molar-refractivity contribution in [1.82, 2.24) is 14.8 Å². The highest BCUT2D eigenvalue weighted by molar-refractivity contribution is 5.89. The molecule has 1 saturated carbocycles. The van der Waals surface area contributed by atoms with E-state index in [4.69, 9.17) is 4.74 Å². The Morgan fingerprint density at radius 3 is 2.50 bits per heavy atom. The number of piperidine rings is 1. The van der Waals surface area contributed by atoms with Gasteiger partial charge in [0, 0.05) is 45.1 Å². The van der Waals surface area contributed by atoms with Gasteiger partial charge in [-0.05, 0) is 56.7 Å². The maximum absolute atomic E-state index is 12.5. The highest BCUT2D eigenvalue weighted by atomic mass is 16.5. The maximum Gasteiger partial charge on any atom is 0.254 e. The van der Waals surface area contributed by atoms with Crippen LogP contribution in [-0.4, -0.2) is 64.6 Å². The molecule has 24 heavy (non-hydrogen) atoms. The summed E-state index contributed by atoms with van der Waals surface area (Å²) in [5, 5.41) is 0. The molecule has 0 aromatic carbocycles. The van der Waals surface area contributed by atoms with E-state index in [2.05, 4.69) is 28.9 Å². The molecule has 0 radical (unpaired) electrons. The molecular formula is C19H27N3O2. The van der Waals surface area contributed by atoms with Crippen LogP contribution in [0.3, 0.4) is 0 Å². The van der Waals surface area contributed by atoms with Crippen LogP contribution < -0.4 is 0 Å². The zero-order valence-corrected chi connectivity index (χ0v) is 14.5. The molecule has 1 aromatic heterocycles. The summed E-state index contributed by atoms with van der Waals surface area (Å²) >= 11 is 0. The fourth-order valence-electron chi connectivity index (χ4n) is 4.16. The number of likely N-dealkylation sites (tertiary alicyclic amines) is 1. The van der Waals surface area contributed by atoms with Crippen molar-refractivity contribution in [1.29, 1.82) is 0 Å². The van der Waals surface area contributed by atoms with E-state index in [-0.39, 0.29) is 11.5 Å². The molecule has 3 aliphatic rings. The van der Waals surface area contributed by atoms with E-state index in [9.17, 15) is 4.79 Å². The average molecular weight is 329 g/mol. The molecule has 1 aromatic rings. The monoisotopic (exact) mass is 329 g/mol. The predicted molar refractivity (Wildman–Crippen MR) is 91.7 cm³/mol. The van der Waals surface area contributed by atoms with Gasteiger partial charge in [0.25, 0.3) is 5.91 Å². The Labute approximate surface area is 144 Å². The molecule has 5 heteroatoms. The number of amides is 1. The van der Waals surface area contributed by atoms with Gasteiger partial charge in [-0.15, -0.1) is 0 Å². The fourth-order valence-corrected chi connectivity index (χ4v) is 4.16. The lowest BCUT2D eigenvalue weighted by Crippen LogP contribution is -2.62. The zero-order valence-electron chi connectivity index (χ0n) is 14.5. The third kappa shape index (κ3) is 2.95. The fraction of sp³-hybridized carbons (Fsp3) is 0.684. The van der Waals surface area contributed by atoms with Crippen molar-refractivity contribution in [2.75, 3.05) is 32.7 Å². The molecule has 0 N–H and O–H groups in total. The van der Waals surface area contributed by atoms with E-state index in [0.29, 0.717) is 0 Å². The Hall–Kier alpha value is -1.46. The van der Waals surface area contributed by atoms with Gasteiger partial charge in [-0.2, -0.15) is 0 Å². The summed E-state index contributed by atoms with van der Waals surface area (Å²) < 4.78 is 6.44. The van der Waals surface area contributed by atoms with E-state index >= 15 is 0 Å². The number of hydrogen-bond acceptors (Lipinski definition) is 4. The number of carbonyl (C=O) groups excluding carboxylic acids is 1. The molecule has 130 valence electrons. The molecule has 2 aliphatic heterocycles. The second kappa shape index (κ2) is 6.12. The molecule has 5 nitrogen and oxygen atoms in total. The Balaban J connectivity index is 1.34. The second-order valence-corrected chi connectivity index (χ2v) is 7.55. The van der Waals surface area contributed by atoms with Gasteiger partial charge in [0.1, 0.15) is 5.60 Å². The molecule has 3 fully saturated rings. The largest absolute Gasteiger partial charge is 0.357 e. The van der Waals surface area contributed by atoms with Crippen LogP contribution in [0.4, 0.5) is 0 Å². The van der Waals surface area contributed by atoms with Crippen molar-refractivity contribution >= 4 is 5.91 Å². The predicted octanol–water partition coefficient (Wildman–Crippen LogP) is 1.87. The van der Waals surface area contributed by atoms with Crippen molar-refractivity contribution in [3.63, 3.8) is 0 Å². The summed E-state index contributed by atoms with van der Waals surface area (Å²) in [6, 6.07) is 4.19. The second-order valence-electron chi connectivity index (χ2n) is 7.55. The Morgan fingerprint density at radius 2 is 1.88 bits per heavy atom. The Bertz CT molecular complexity index is 592. The molecule has 3 heterocycles. The molecule has 2 saturated heterocycles. The van der Waals surface area contributed by atoms with Gasteiger partial charge in [-0.1, -0.05) is 0 Å². The van der Waals surface area contributed by atoms with Gasteiger partial charge in [-0.25, -0.2) is 0 Å². The molecule has 1 aliphatic carbocycles. The normalized spacial score (nSPS) is 25.4. The number of pyridine rings is 1. The molecule has 0 bridgehead atoms. The molecule has 0 unspecified atom stereocenters. The quantitative estimate of drug-likeness (QED) is 0.846. The van der Waals surface area contributed by atoms with Gasteiger partial charge in [-0.3, -0.25) is 9.78 Å². The summed E-state index contributed by atoms with van der Waals surface area (Å²) in [7, 11) is 0. The SMILES string of the molecule is CCN1CC2(CCN(CCc3ccncc3)CC2)OC2(CC2)C1=O. The lowest BCUT2D eigenvalue weighted by Gasteiger charge is -2.50. The maximum atomic E-state index is 12.5. The van der Waals surface area contributed by atoms with Crippen LogP contribution in [-0.2, 0) is 16.0 Å². The molecule has 2 spiro atoms. The number of morpholine rings is 1. The minimum atomic E-state index is -0.451. The average Bonchev–Trinajstić information content (AvgIpc) is 3.39. The number of ether oxygens (including phenoxy) is 1. The minimum Gasteiger partial charge on any atom is -0.357 e. The number of likely N-dealkylation sites (N-methyl/N-ethyl adjacent to an activating group) is 1. The summed E-state index contributed by atoms with van der Waals surface area (Å²) in [6.45, 7) is 6.87. The lowest BCUT2D eigenvalue weighted by molar-refractivity contribution is -0.200. The van der Waals surface area contributed by atoms with Gasteiger partial charge in [0.2, 0.25) is 0 Å². The highest BCUT2D eigenvalue weighted by Crippen LogP contribution is 2.49. The summed E-state index contributed by atoms with van der Waals surface area (Å²) in [5.41, 5.74) is 0.792. The van der Waals surface area contributed by atoms with Gasteiger partial charge >= 0.3 is 0 Å². The van der Waals surface area contributed by atoms with Crippen LogP contribution in [0.15, 0.2) is 24.5 Å². The first-order chi connectivity index (χ1) is 11.6. The Morgan fingerprint density at radius 1 is 1.17 bits per heavy atom. The summed E-state index contributed by atoms with van der Waals surface area (Å²) in [4.78, 5) is 21.1. The van der Waals surface area contributed by atoms with Crippen LogP contribution in [0, 0.1) is 0 Å². The van der Waals surface area contributed by atoms with Gasteiger partial charge in [0.15, 0.2) is 0 Å². The molecule has 0 atom stereocenters. The number of rotatable bonds is 4. The van der Waals surface area contributed by atoms with Crippen LogP contribution >= 0.6 is 0 Å². The van der Waals surface area contributed by atoms with Gasteiger partial charge in [0.05, 0.1) is 5.60 Å². The van der Waals surface area contributed by atoms with Crippen molar-refractivity contribution in [3.8, 4) is 0 Å². The van der Waals surface area contributed by atoms with Crippen molar-refractivity contribution in [2.24, 2.45) is 0 Å². The lowest BCUT2D eigenvalue weighted by atomic mass is 9.87. The smallest absolute Gasteiger partial charge is 0.254 e. The topological polar surface area (TPSA) is 45.7 Å². The van der Waals surface area contributed by atoms with E-state index in [1.165, 1.54) is 5.56 Å². The highest BCUT2D eigenvalue weighted by Gasteiger charge is 2.61. The third-order valence-corrected chi connectivity index (χ3v) is 5.89. The number of carbonyl (C=O) groups is 1. The van der Waals surface area contributed by atoms with E-state index < -0.39 is 5.60 Å². The van der Waals surface area contributed by atoms with E-state index in [1.807, 2.05) is 17.3 Å². The van der Waals surface area contributed by atoms with Crippen molar-refractivity contribution in [2.45, 2.75) is 50.2 Å². The first-order valence-electron chi connectivity index (χ1n) is 9.26.